The van der Waals surface area contributed by atoms with Crippen molar-refractivity contribution in [2.45, 2.75) is 33.7 Å². The van der Waals surface area contributed by atoms with E-state index in [-0.39, 0.29) is 0 Å². The average Bonchev–Trinajstić information content (AvgIpc) is 2.58. The highest BCUT2D eigenvalue weighted by atomic mass is 79.9. The van der Waals surface area contributed by atoms with Gasteiger partial charge in [0.25, 0.3) is 0 Å². The van der Waals surface area contributed by atoms with Gasteiger partial charge >= 0.3 is 0 Å². The Morgan fingerprint density at radius 3 is 2.44 bits per heavy atom. The second-order valence-corrected chi connectivity index (χ2v) is 5.92. The van der Waals surface area contributed by atoms with Gasteiger partial charge < -0.3 is 5.32 Å². The summed E-state index contributed by atoms with van der Waals surface area (Å²) >= 11 is 3.44. The van der Waals surface area contributed by atoms with Crippen LogP contribution in [0.2, 0.25) is 0 Å². The Balaban J connectivity index is 2.55. The highest BCUT2D eigenvalue weighted by Crippen LogP contribution is 2.18. The van der Waals surface area contributed by atoms with E-state index >= 15 is 0 Å². The third-order valence-corrected chi connectivity index (χ3v) is 2.99. The molecule has 0 saturated carbocycles. The maximum atomic E-state index is 4.36. The number of rotatable bonds is 6. The number of hydrogen-bond donors (Lipinski definition) is 1. The van der Waals surface area contributed by atoms with E-state index < -0.39 is 0 Å². The topological polar surface area (TPSA) is 29.9 Å². The van der Waals surface area contributed by atoms with Gasteiger partial charge in [-0.2, -0.15) is 5.10 Å². The molecule has 0 bridgehead atoms. The van der Waals surface area contributed by atoms with E-state index in [1.165, 1.54) is 0 Å². The minimum absolute atomic E-state index is 0.421. The molecular formula is C12H22BrN3. The SMILES string of the molecule is CC(C)CNCC(C(C)C)n1cc(Br)cn1. The minimum Gasteiger partial charge on any atom is -0.314 e. The zero-order valence-electron chi connectivity index (χ0n) is 10.6. The van der Waals surface area contributed by atoms with Gasteiger partial charge in [-0.1, -0.05) is 27.7 Å². The molecule has 1 aromatic heterocycles. The molecule has 0 aliphatic heterocycles. The van der Waals surface area contributed by atoms with Gasteiger partial charge in [-0.15, -0.1) is 0 Å². The summed E-state index contributed by atoms with van der Waals surface area (Å²) in [6.07, 6.45) is 3.89. The maximum absolute atomic E-state index is 4.36. The number of halogens is 1. The normalized spacial score (nSPS) is 13.7. The second-order valence-electron chi connectivity index (χ2n) is 5.00. The van der Waals surface area contributed by atoms with Crippen molar-refractivity contribution in [1.29, 1.82) is 0 Å². The first-order chi connectivity index (χ1) is 7.50. The molecule has 0 aromatic carbocycles. The van der Waals surface area contributed by atoms with Crippen molar-refractivity contribution in [1.82, 2.24) is 15.1 Å². The molecule has 1 rings (SSSR count). The molecule has 0 aliphatic rings. The van der Waals surface area contributed by atoms with Crippen molar-refractivity contribution in [3.8, 4) is 0 Å². The molecule has 1 unspecified atom stereocenters. The van der Waals surface area contributed by atoms with Crippen LogP contribution in [0.5, 0.6) is 0 Å². The summed E-state index contributed by atoms with van der Waals surface area (Å²) in [7, 11) is 0. The first-order valence-electron chi connectivity index (χ1n) is 5.91. The zero-order valence-corrected chi connectivity index (χ0v) is 12.2. The molecule has 1 N–H and O–H groups in total. The molecule has 4 heteroatoms. The van der Waals surface area contributed by atoms with E-state index in [0.29, 0.717) is 17.9 Å². The van der Waals surface area contributed by atoms with E-state index in [9.17, 15) is 0 Å². The van der Waals surface area contributed by atoms with Crippen molar-refractivity contribution >= 4 is 15.9 Å². The van der Waals surface area contributed by atoms with Crippen molar-refractivity contribution in [3.63, 3.8) is 0 Å². The molecule has 92 valence electrons. The van der Waals surface area contributed by atoms with Crippen LogP contribution >= 0.6 is 15.9 Å². The Labute approximate surface area is 107 Å². The maximum Gasteiger partial charge on any atom is 0.0666 e. The van der Waals surface area contributed by atoms with Gasteiger partial charge in [-0.05, 0) is 34.3 Å². The van der Waals surface area contributed by atoms with Gasteiger partial charge in [0, 0.05) is 12.7 Å². The van der Waals surface area contributed by atoms with Crippen molar-refractivity contribution in [2.75, 3.05) is 13.1 Å². The summed E-state index contributed by atoms with van der Waals surface area (Å²) in [5, 5.41) is 7.86. The zero-order chi connectivity index (χ0) is 12.1. The van der Waals surface area contributed by atoms with E-state index in [0.717, 1.165) is 17.6 Å². The lowest BCUT2D eigenvalue weighted by molar-refractivity contribution is 0.324. The Morgan fingerprint density at radius 1 is 1.31 bits per heavy atom. The number of hydrogen-bond acceptors (Lipinski definition) is 2. The highest BCUT2D eigenvalue weighted by molar-refractivity contribution is 9.10. The molecule has 1 aromatic rings. The van der Waals surface area contributed by atoms with E-state index in [2.05, 4.69) is 54.0 Å². The van der Waals surface area contributed by atoms with E-state index in [1.807, 2.05) is 17.1 Å². The van der Waals surface area contributed by atoms with Crippen LogP contribution in [0.15, 0.2) is 16.9 Å². The smallest absolute Gasteiger partial charge is 0.0666 e. The summed E-state index contributed by atoms with van der Waals surface area (Å²) in [6.45, 7) is 11.0. The predicted octanol–water partition coefficient (Wildman–Crippen LogP) is 3.09. The summed E-state index contributed by atoms with van der Waals surface area (Å²) in [5.41, 5.74) is 0. The summed E-state index contributed by atoms with van der Waals surface area (Å²) in [4.78, 5) is 0. The van der Waals surface area contributed by atoms with Crippen molar-refractivity contribution in [2.24, 2.45) is 11.8 Å². The first-order valence-corrected chi connectivity index (χ1v) is 6.70. The van der Waals surface area contributed by atoms with Gasteiger partial charge in [0.2, 0.25) is 0 Å². The van der Waals surface area contributed by atoms with E-state index in [1.54, 1.807) is 0 Å². The third kappa shape index (κ3) is 4.26. The molecule has 0 amide bonds. The molecule has 1 atom stereocenters. The summed E-state index contributed by atoms with van der Waals surface area (Å²) < 4.78 is 3.09. The van der Waals surface area contributed by atoms with Gasteiger partial charge in [0.1, 0.15) is 0 Å². The van der Waals surface area contributed by atoms with Crippen LogP contribution in [0, 0.1) is 11.8 Å². The lowest BCUT2D eigenvalue weighted by atomic mass is 10.0. The highest BCUT2D eigenvalue weighted by Gasteiger charge is 2.15. The van der Waals surface area contributed by atoms with Crippen LogP contribution in [0.4, 0.5) is 0 Å². The Morgan fingerprint density at radius 2 is 2.00 bits per heavy atom. The Bertz CT molecular complexity index is 307. The number of nitrogens with one attached hydrogen (secondary N) is 1. The molecule has 0 radical (unpaired) electrons. The quantitative estimate of drug-likeness (QED) is 0.871. The van der Waals surface area contributed by atoms with Crippen LogP contribution < -0.4 is 5.32 Å². The standard InChI is InChI=1S/C12H22BrN3/c1-9(2)5-14-7-12(10(3)4)16-8-11(13)6-15-16/h6,8-10,12,14H,5,7H2,1-4H3. The molecule has 1 heterocycles. The monoisotopic (exact) mass is 287 g/mol. The van der Waals surface area contributed by atoms with E-state index in [4.69, 9.17) is 0 Å². The fourth-order valence-electron chi connectivity index (χ4n) is 1.65. The van der Waals surface area contributed by atoms with Gasteiger partial charge in [0.15, 0.2) is 0 Å². The molecule has 0 spiro atoms. The van der Waals surface area contributed by atoms with Crippen LogP contribution in [0.25, 0.3) is 0 Å². The van der Waals surface area contributed by atoms with Crippen LogP contribution in [0.1, 0.15) is 33.7 Å². The fraction of sp³-hybridized carbons (Fsp3) is 0.750. The lowest BCUT2D eigenvalue weighted by Gasteiger charge is -2.22. The number of nitrogens with zero attached hydrogens (tertiary/aromatic N) is 2. The molecule has 0 fully saturated rings. The molecule has 0 saturated heterocycles. The van der Waals surface area contributed by atoms with Crippen molar-refractivity contribution in [3.05, 3.63) is 16.9 Å². The minimum atomic E-state index is 0.421. The Hall–Kier alpha value is -0.350. The van der Waals surface area contributed by atoms with Crippen LogP contribution in [-0.4, -0.2) is 22.9 Å². The third-order valence-electron chi connectivity index (χ3n) is 2.59. The van der Waals surface area contributed by atoms with Crippen LogP contribution in [-0.2, 0) is 0 Å². The molecular weight excluding hydrogens is 266 g/mol. The molecule has 0 aliphatic carbocycles. The van der Waals surface area contributed by atoms with Crippen molar-refractivity contribution < 1.29 is 0 Å². The molecule has 3 nitrogen and oxygen atoms in total. The first kappa shape index (κ1) is 13.7. The molecule has 16 heavy (non-hydrogen) atoms. The van der Waals surface area contributed by atoms with Gasteiger partial charge in [-0.3, -0.25) is 4.68 Å². The fourth-order valence-corrected chi connectivity index (χ4v) is 1.95. The summed E-state index contributed by atoms with van der Waals surface area (Å²) in [6, 6.07) is 0.421. The summed E-state index contributed by atoms with van der Waals surface area (Å²) in [5.74, 6) is 1.27. The second kappa shape index (κ2) is 6.40. The predicted molar refractivity (Wildman–Crippen MR) is 71.5 cm³/mol. The van der Waals surface area contributed by atoms with Crippen LogP contribution in [0.3, 0.4) is 0 Å². The largest absolute Gasteiger partial charge is 0.314 e. The van der Waals surface area contributed by atoms with Gasteiger partial charge in [0.05, 0.1) is 16.7 Å². The number of aromatic nitrogens is 2. The Kier molecular flexibility index (Phi) is 5.49. The average molecular weight is 288 g/mol. The lowest BCUT2D eigenvalue weighted by Crippen LogP contribution is -2.31. The van der Waals surface area contributed by atoms with Gasteiger partial charge in [-0.25, -0.2) is 0 Å².